The molecule has 0 saturated carbocycles. The fourth-order valence-electron chi connectivity index (χ4n) is 1.80. The summed E-state index contributed by atoms with van der Waals surface area (Å²) >= 11 is 0. The van der Waals surface area contributed by atoms with Gasteiger partial charge in [-0.1, -0.05) is 25.1 Å². The van der Waals surface area contributed by atoms with Crippen molar-refractivity contribution in [2.45, 2.75) is 39.2 Å². The molecule has 0 heterocycles. The number of rotatable bonds is 6. The Morgan fingerprint density at radius 1 is 1.44 bits per heavy atom. The van der Waals surface area contributed by atoms with Crippen LogP contribution in [-0.4, -0.2) is 17.0 Å². The molecule has 1 rings (SSSR count). The van der Waals surface area contributed by atoms with E-state index in [-0.39, 0.29) is 22.7 Å². The van der Waals surface area contributed by atoms with Gasteiger partial charge in [0.05, 0.1) is 4.92 Å². The average molecular weight is 251 g/mol. The molecule has 0 bridgehead atoms. The van der Waals surface area contributed by atoms with Gasteiger partial charge in [0.25, 0.3) is 5.69 Å². The molecule has 0 radical (unpaired) electrons. The molecule has 1 aromatic carbocycles. The van der Waals surface area contributed by atoms with Crippen molar-refractivity contribution in [2.24, 2.45) is 0 Å². The molecule has 0 aliphatic rings. The first-order valence-corrected chi connectivity index (χ1v) is 5.94. The topological polar surface area (TPSA) is 69.4 Å². The minimum Gasteiger partial charge on any atom is -0.463 e. The Hall–Kier alpha value is -1.91. The Morgan fingerprint density at radius 3 is 2.67 bits per heavy atom. The zero-order valence-corrected chi connectivity index (χ0v) is 10.6. The highest BCUT2D eigenvalue weighted by Crippen LogP contribution is 2.20. The van der Waals surface area contributed by atoms with Gasteiger partial charge in [-0.25, -0.2) is 0 Å². The number of nitro groups is 1. The van der Waals surface area contributed by atoms with Crippen molar-refractivity contribution >= 4 is 11.7 Å². The Bertz CT molecular complexity index is 431. The van der Waals surface area contributed by atoms with Gasteiger partial charge >= 0.3 is 5.97 Å². The number of nitrogens with zero attached hydrogens (tertiary/aromatic N) is 1. The van der Waals surface area contributed by atoms with Crippen LogP contribution in [0.15, 0.2) is 24.3 Å². The Balaban J connectivity index is 2.67. The maximum Gasteiger partial charge on any atom is 0.302 e. The zero-order chi connectivity index (χ0) is 13.5. The second kappa shape index (κ2) is 6.74. The third-order valence-corrected chi connectivity index (χ3v) is 2.71. The lowest BCUT2D eigenvalue weighted by Crippen LogP contribution is -2.16. The van der Waals surface area contributed by atoms with Crippen LogP contribution in [0.25, 0.3) is 0 Å². The van der Waals surface area contributed by atoms with Crippen LogP contribution in [0, 0.1) is 10.1 Å². The minimum absolute atomic E-state index is 0.121. The summed E-state index contributed by atoms with van der Waals surface area (Å²) in [5.41, 5.74) is 0.795. The molecule has 0 aliphatic carbocycles. The molecular formula is C13H17NO4. The number of carbonyl (C=O) groups is 1. The van der Waals surface area contributed by atoms with Crippen molar-refractivity contribution in [2.75, 3.05) is 0 Å². The van der Waals surface area contributed by atoms with E-state index >= 15 is 0 Å². The predicted octanol–water partition coefficient (Wildman–Crippen LogP) is 2.87. The van der Waals surface area contributed by atoms with Gasteiger partial charge in [0.2, 0.25) is 0 Å². The molecular weight excluding hydrogens is 234 g/mol. The molecule has 0 saturated heterocycles. The number of carbonyl (C=O) groups excluding carboxylic acids is 1. The fraction of sp³-hybridized carbons (Fsp3) is 0.462. The number of benzene rings is 1. The van der Waals surface area contributed by atoms with Crippen LogP contribution >= 0.6 is 0 Å². The first kappa shape index (κ1) is 14.2. The summed E-state index contributed by atoms with van der Waals surface area (Å²) in [6, 6.07) is 6.64. The van der Waals surface area contributed by atoms with Crippen molar-refractivity contribution in [1.29, 1.82) is 0 Å². The molecule has 18 heavy (non-hydrogen) atoms. The largest absolute Gasteiger partial charge is 0.463 e. The van der Waals surface area contributed by atoms with Crippen molar-refractivity contribution in [3.63, 3.8) is 0 Å². The van der Waals surface area contributed by atoms with Crippen molar-refractivity contribution in [3.8, 4) is 0 Å². The van der Waals surface area contributed by atoms with Crippen LogP contribution in [0.2, 0.25) is 0 Å². The Morgan fingerprint density at radius 2 is 2.11 bits per heavy atom. The molecule has 0 fully saturated rings. The normalized spacial score (nSPS) is 11.9. The van der Waals surface area contributed by atoms with Crippen LogP contribution in [-0.2, 0) is 16.0 Å². The molecule has 0 N–H and O–H groups in total. The monoisotopic (exact) mass is 251 g/mol. The van der Waals surface area contributed by atoms with Gasteiger partial charge in [-0.2, -0.15) is 0 Å². The molecule has 0 aromatic heterocycles. The first-order chi connectivity index (χ1) is 8.54. The smallest absolute Gasteiger partial charge is 0.302 e. The van der Waals surface area contributed by atoms with E-state index in [4.69, 9.17) is 4.74 Å². The summed E-state index contributed by atoms with van der Waals surface area (Å²) in [5, 5.41) is 10.8. The van der Waals surface area contributed by atoms with Crippen molar-refractivity contribution in [3.05, 3.63) is 39.9 Å². The Kier molecular flexibility index (Phi) is 5.30. The van der Waals surface area contributed by atoms with Gasteiger partial charge in [0, 0.05) is 18.6 Å². The van der Waals surface area contributed by atoms with Gasteiger partial charge in [-0.15, -0.1) is 0 Å². The third-order valence-electron chi connectivity index (χ3n) is 2.71. The molecule has 0 spiro atoms. The van der Waals surface area contributed by atoms with Crippen LogP contribution in [0.1, 0.15) is 32.3 Å². The van der Waals surface area contributed by atoms with Gasteiger partial charge in [0.15, 0.2) is 0 Å². The lowest BCUT2D eigenvalue weighted by Gasteiger charge is -2.14. The SMILES string of the molecule is CCC(CCc1ccccc1[N+](=O)[O-])OC(C)=O. The summed E-state index contributed by atoms with van der Waals surface area (Å²) in [4.78, 5) is 21.3. The average Bonchev–Trinajstić information content (AvgIpc) is 2.34. The highest BCUT2D eigenvalue weighted by atomic mass is 16.6. The first-order valence-electron chi connectivity index (χ1n) is 5.94. The van der Waals surface area contributed by atoms with E-state index in [0.717, 1.165) is 0 Å². The van der Waals surface area contributed by atoms with Crippen LogP contribution in [0.4, 0.5) is 5.69 Å². The lowest BCUT2D eigenvalue weighted by molar-refractivity contribution is -0.385. The maximum absolute atomic E-state index is 10.9. The summed E-state index contributed by atoms with van der Waals surface area (Å²) in [7, 11) is 0. The van der Waals surface area contributed by atoms with E-state index in [1.807, 2.05) is 6.92 Å². The molecule has 5 nitrogen and oxygen atoms in total. The summed E-state index contributed by atoms with van der Waals surface area (Å²) in [5.74, 6) is -0.315. The lowest BCUT2D eigenvalue weighted by atomic mass is 10.0. The predicted molar refractivity (Wildman–Crippen MR) is 67.3 cm³/mol. The highest BCUT2D eigenvalue weighted by molar-refractivity contribution is 5.66. The van der Waals surface area contributed by atoms with E-state index in [1.165, 1.54) is 13.0 Å². The zero-order valence-electron chi connectivity index (χ0n) is 10.6. The number of ether oxygens (including phenoxy) is 1. The maximum atomic E-state index is 10.9. The van der Waals surface area contributed by atoms with Crippen LogP contribution in [0.5, 0.6) is 0 Å². The van der Waals surface area contributed by atoms with Crippen molar-refractivity contribution < 1.29 is 14.5 Å². The van der Waals surface area contributed by atoms with Gasteiger partial charge < -0.3 is 4.74 Å². The van der Waals surface area contributed by atoms with E-state index in [0.29, 0.717) is 24.8 Å². The van der Waals surface area contributed by atoms with E-state index in [9.17, 15) is 14.9 Å². The molecule has 5 heteroatoms. The van der Waals surface area contributed by atoms with Gasteiger partial charge in [-0.3, -0.25) is 14.9 Å². The van der Waals surface area contributed by atoms with Gasteiger partial charge in [-0.05, 0) is 19.3 Å². The molecule has 0 amide bonds. The fourth-order valence-corrected chi connectivity index (χ4v) is 1.80. The number of esters is 1. The van der Waals surface area contributed by atoms with Crippen LogP contribution < -0.4 is 0 Å². The van der Waals surface area contributed by atoms with Crippen molar-refractivity contribution in [1.82, 2.24) is 0 Å². The number of nitro benzene ring substituents is 1. The number of hydrogen-bond donors (Lipinski definition) is 0. The summed E-state index contributed by atoms with van der Waals surface area (Å²) < 4.78 is 5.11. The third kappa shape index (κ3) is 4.16. The number of aryl methyl sites for hydroxylation is 1. The summed E-state index contributed by atoms with van der Waals surface area (Å²) in [6.45, 7) is 3.29. The molecule has 1 aromatic rings. The number of para-hydroxylation sites is 1. The van der Waals surface area contributed by atoms with E-state index in [1.54, 1.807) is 18.2 Å². The summed E-state index contributed by atoms with van der Waals surface area (Å²) in [6.07, 6.45) is 1.66. The minimum atomic E-state index is -0.387. The second-order valence-electron chi connectivity index (χ2n) is 4.06. The Labute approximate surface area is 106 Å². The molecule has 1 atom stereocenters. The molecule has 98 valence electrons. The van der Waals surface area contributed by atoms with E-state index < -0.39 is 0 Å². The quantitative estimate of drug-likeness (QED) is 0.443. The van der Waals surface area contributed by atoms with Gasteiger partial charge in [0.1, 0.15) is 6.10 Å². The second-order valence-corrected chi connectivity index (χ2v) is 4.06. The molecule has 0 aliphatic heterocycles. The number of hydrogen-bond acceptors (Lipinski definition) is 4. The molecule has 1 unspecified atom stereocenters. The standard InChI is InChI=1S/C13H17NO4/c1-3-12(18-10(2)15)9-8-11-6-4-5-7-13(11)14(16)17/h4-7,12H,3,8-9H2,1-2H3. The highest BCUT2D eigenvalue weighted by Gasteiger charge is 2.15. The van der Waals surface area contributed by atoms with Crippen LogP contribution in [0.3, 0.4) is 0 Å². The van der Waals surface area contributed by atoms with E-state index in [2.05, 4.69) is 0 Å².